The summed E-state index contributed by atoms with van der Waals surface area (Å²) in [6, 6.07) is 22.1. The summed E-state index contributed by atoms with van der Waals surface area (Å²) in [4.78, 5) is 31.2. The highest BCUT2D eigenvalue weighted by Gasteiger charge is 2.22. The van der Waals surface area contributed by atoms with E-state index < -0.39 is 17.9 Å². The first-order chi connectivity index (χ1) is 17.5. The van der Waals surface area contributed by atoms with Gasteiger partial charge in [-0.3, -0.25) is 9.59 Å². The fourth-order valence-electron chi connectivity index (χ4n) is 3.23. The first-order valence-electron chi connectivity index (χ1n) is 11.1. The third kappa shape index (κ3) is 7.76. The van der Waals surface area contributed by atoms with Crippen molar-refractivity contribution < 1.29 is 18.7 Å². The van der Waals surface area contributed by atoms with Crippen molar-refractivity contribution in [3.63, 3.8) is 0 Å². The van der Waals surface area contributed by atoms with Gasteiger partial charge in [-0.1, -0.05) is 42.1 Å². The number of amides is 2. The van der Waals surface area contributed by atoms with Gasteiger partial charge in [-0.05, 0) is 54.1 Å². The summed E-state index contributed by atoms with van der Waals surface area (Å²) in [7, 11) is 0. The Hall–Kier alpha value is -4.02. The van der Waals surface area contributed by atoms with Gasteiger partial charge < -0.3 is 15.4 Å². The Morgan fingerprint density at radius 3 is 2.33 bits per heavy atom. The second kappa shape index (κ2) is 12.6. The van der Waals surface area contributed by atoms with Crippen molar-refractivity contribution in [1.82, 2.24) is 20.1 Å². The zero-order valence-electron chi connectivity index (χ0n) is 19.2. The number of nitrogens with zero attached hydrogens (tertiary/aromatic N) is 3. The first-order valence-corrected chi connectivity index (χ1v) is 11.9. The Kier molecular flexibility index (Phi) is 8.79. The van der Waals surface area contributed by atoms with Crippen LogP contribution in [0.1, 0.15) is 5.56 Å². The first kappa shape index (κ1) is 25.1. The standard InChI is InChI=1S/C26H24FN5O3S/c27-20-6-10-22(11-7-20)36-23-12-8-21(9-13-23)30-26(34)24(16-35-15-19-4-2-1-3-5-19)31-25(33)14-32-18-28-17-29-32/h1-13,17-18,24H,14-16H2,(H,30,34)(H,31,33)/t24-/m0/s1. The van der Waals surface area contributed by atoms with Crippen LogP contribution in [0.25, 0.3) is 0 Å². The van der Waals surface area contributed by atoms with Crippen molar-refractivity contribution in [2.45, 2.75) is 29.0 Å². The molecule has 3 aromatic carbocycles. The second-order valence-electron chi connectivity index (χ2n) is 7.78. The molecule has 0 spiro atoms. The van der Waals surface area contributed by atoms with Gasteiger partial charge in [-0.2, -0.15) is 5.10 Å². The van der Waals surface area contributed by atoms with Gasteiger partial charge in [-0.15, -0.1) is 0 Å². The Bertz CT molecular complexity index is 1250. The average Bonchev–Trinajstić information content (AvgIpc) is 3.39. The summed E-state index contributed by atoms with van der Waals surface area (Å²) < 4.78 is 20.2. The number of ether oxygens (including phenoxy) is 1. The molecule has 1 aromatic heterocycles. The minimum absolute atomic E-state index is 0.0116. The van der Waals surface area contributed by atoms with Crippen LogP contribution in [0.5, 0.6) is 0 Å². The molecule has 0 saturated carbocycles. The lowest BCUT2D eigenvalue weighted by Crippen LogP contribution is -2.47. The summed E-state index contributed by atoms with van der Waals surface area (Å²) >= 11 is 1.48. The minimum atomic E-state index is -0.919. The van der Waals surface area contributed by atoms with Crippen LogP contribution in [0.2, 0.25) is 0 Å². The van der Waals surface area contributed by atoms with Gasteiger partial charge in [0, 0.05) is 15.5 Å². The number of hydrogen-bond acceptors (Lipinski definition) is 6. The highest BCUT2D eigenvalue weighted by Crippen LogP contribution is 2.28. The van der Waals surface area contributed by atoms with E-state index in [1.165, 1.54) is 41.2 Å². The summed E-state index contributed by atoms with van der Waals surface area (Å²) in [5.41, 5.74) is 1.53. The van der Waals surface area contributed by atoms with E-state index >= 15 is 0 Å². The van der Waals surface area contributed by atoms with Crippen molar-refractivity contribution in [2.24, 2.45) is 0 Å². The van der Waals surface area contributed by atoms with Crippen LogP contribution < -0.4 is 10.6 Å². The smallest absolute Gasteiger partial charge is 0.249 e. The Labute approximate surface area is 211 Å². The molecule has 0 bridgehead atoms. The van der Waals surface area contributed by atoms with E-state index in [0.717, 1.165) is 15.4 Å². The normalized spacial score (nSPS) is 11.6. The molecule has 0 unspecified atom stereocenters. The second-order valence-corrected chi connectivity index (χ2v) is 8.93. The topological polar surface area (TPSA) is 98.1 Å². The number of hydrogen-bond donors (Lipinski definition) is 2. The molecule has 10 heteroatoms. The van der Waals surface area contributed by atoms with Crippen LogP contribution in [0.4, 0.5) is 10.1 Å². The van der Waals surface area contributed by atoms with Crippen molar-refractivity contribution in [3.8, 4) is 0 Å². The van der Waals surface area contributed by atoms with E-state index in [4.69, 9.17) is 4.74 Å². The molecule has 4 aromatic rings. The molecule has 0 saturated heterocycles. The molecule has 36 heavy (non-hydrogen) atoms. The van der Waals surface area contributed by atoms with E-state index in [1.54, 1.807) is 24.3 Å². The molecule has 2 amide bonds. The molecule has 1 heterocycles. The van der Waals surface area contributed by atoms with E-state index in [-0.39, 0.29) is 19.0 Å². The predicted octanol–water partition coefficient (Wildman–Crippen LogP) is 3.91. The molecule has 2 N–H and O–H groups in total. The van der Waals surface area contributed by atoms with E-state index in [2.05, 4.69) is 20.7 Å². The van der Waals surface area contributed by atoms with Gasteiger partial charge in [0.2, 0.25) is 11.8 Å². The lowest BCUT2D eigenvalue weighted by atomic mass is 10.2. The van der Waals surface area contributed by atoms with Gasteiger partial charge in [0.1, 0.15) is 31.1 Å². The Morgan fingerprint density at radius 2 is 1.67 bits per heavy atom. The van der Waals surface area contributed by atoms with Crippen LogP contribution in [0.3, 0.4) is 0 Å². The molecule has 0 aliphatic carbocycles. The average molecular weight is 506 g/mol. The number of carbonyl (C=O) groups is 2. The largest absolute Gasteiger partial charge is 0.374 e. The van der Waals surface area contributed by atoms with Crippen LogP contribution in [-0.2, 0) is 27.5 Å². The van der Waals surface area contributed by atoms with Gasteiger partial charge in [0.05, 0.1) is 13.2 Å². The highest BCUT2D eigenvalue weighted by molar-refractivity contribution is 7.99. The van der Waals surface area contributed by atoms with Crippen molar-refractivity contribution >= 4 is 29.3 Å². The summed E-state index contributed by atoms with van der Waals surface area (Å²) in [5.74, 6) is -1.09. The Balaban J connectivity index is 1.36. The fourth-order valence-corrected chi connectivity index (χ4v) is 4.04. The maximum atomic E-state index is 13.1. The number of anilines is 1. The molecule has 1 atom stereocenters. The summed E-state index contributed by atoms with van der Waals surface area (Å²) in [6.07, 6.45) is 2.75. The number of rotatable bonds is 11. The van der Waals surface area contributed by atoms with Crippen molar-refractivity contribution in [2.75, 3.05) is 11.9 Å². The van der Waals surface area contributed by atoms with Crippen LogP contribution in [0.15, 0.2) is 101 Å². The van der Waals surface area contributed by atoms with Crippen molar-refractivity contribution in [1.29, 1.82) is 0 Å². The third-order valence-electron chi connectivity index (χ3n) is 4.99. The Morgan fingerprint density at radius 1 is 0.972 bits per heavy atom. The minimum Gasteiger partial charge on any atom is -0.374 e. The van der Waals surface area contributed by atoms with Gasteiger partial charge in [-0.25, -0.2) is 14.1 Å². The third-order valence-corrected chi connectivity index (χ3v) is 6.01. The fraction of sp³-hybridized carbons (Fsp3) is 0.154. The zero-order chi connectivity index (χ0) is 25.2. The lowest BCUT2D eigenvalue weighted by Gasteiger charge is -2.19. The SMILES string of the molecule is O=C(Cn1cncn1)N[C@@H](COCc1ccccc1)C(=O)Nc1ccc(Sc2ccc(F)cc2)cc1. The van der Waals surface area contributed by atoms with Gasteiger partial charge in [0.25, 0.3) is 0 Å². The van der Waals surface area contributed by atoms with E-state index in [0.29, 0.717) is 12.3 Å². The summed E-state index contributed by atoms with van der Waals surface area (Å²) in [5, 5.41) is 9.45. The predicted molar refractivity (Wildman–Crippen MR) is 134 cm³/mol. The monoisotopic (exact) mass is 505 g/mol. The van der Waals surface area contributed by atoms with Crippen molar-refractivity contribution in [3.05, 3.63) is 103 Å². The molecule has 8 nitrogen and oxygen atoms in total. The molecule has 184 valence electrons. The molecular formula is C26H24FN5O3S. The lowest BCUT2D eigenvalue weighted by molar-refractivity contribution is -0.128. The number of nitrogens with one attached hydrogen (secondary N) is 2. The summed E-state index contributed by atoms with van der Waals surface area (Å²) in [6.45, 7) is 0.221. The number of carbonyl (C=O) groups excluding carboxylic acids is 2. The quantitative estimate of drug-likeness (QED) is 0.321. The van der Waals surface area contributed by atoms with Crippen LogP contribution in [0, 0.1) is 5.82 Å². The molecular weight excluding hydrogens is 481 g/mol. The maximum Gasteiger partial charge on any atom is 0.249 e. The highest BCUT2D eigenvalue weighted by atomic mass is 32.2. The van der Waals surface area contributed by atoms with Crippen LogP contribution in [-0.4, -0.2) is 39.2 Å². The van der Waals surface area contributed by atoms with E-state index in [1.807, 2.05) is 42.5 Å². The zero-order valence-corrected chi connectivity index (χ0v) is 20.0. The molecule has 0 aliphatic heterocycles. The van der Waals surface area contributed by atoms with Gasteiger partial charge >= 0.3 is 0 Å². The number of halogens is 1. The van der Waals surface area contributed by atoms with E-state index in [9.17, 15) is 14.0 Å². The number of benzene rings is 3. The maximum absolute atomic E-state index is 13.1. The molecule has 0 aliphatic rings. The molecule has 0 fully saturated rings. The van der Waals surface area contributed by atoms with Gasteiger partial charge in [0.15, 0.2) is 0 Å². The number of aromatic nitrogens is 3. The molecule has 0 radical (unpaired) electrons. The van der Waals surface area contributed by atoms with Crippen LogP contribution >= 0.6 is 11.8 Å². The molecule has 4 rings (SSSR count).